The quantitative estimate of drug-likeness (QED) is 0.913. The van der Waals surface area contributed by atoms with Gasteiger partial charge >= 0.3 is 6.03 Å². The van der Waals surface area contributed by atoms with Crippen molar-refractivity contribution in [2.24, 2.45) is 0 Å². The zero-order chi connectivity index (χ0) is 14.1. The first-order valence-electron chi connectivity index (χ1n) is 6.72. The predicted octanol–water partition coefficient (Wildman–Crippen LogP) is 2.56. The summed E-state index contributed by atoms with van der Waals surface area (Å²) in [5, 5.41) is 6.82. The molecular formula is C15H17N3O2. The summed E-state index contributed by atoms with van der Waals surface area (Å²) >= 11 is 0. The lowest BCUT2D eigenvalue weighted by Gasteiger charge is -2.18. The topological polar surface area (TPSA) is 58.4 Å². The van der Waals surface area contributed by atoms with E-state index < -0.39 is 0 Å². The first kappa shape index (κ1) is 12.7. The van der Waals surface area contributed by atoms with Crippen molar-refractivity contribution in [3.8, 4) is 0 Å². The van der Waals surface area contributed by atoms with Crippen LogP contribution < -0.4 is 10.2 Å². The van der Waals surface area contributed by atoms with Gasteiger partial charge in [-0.2, -0.15) is 0 Å². The Hall–Kier alpha value is -2.30. The molecule has 0 bridgehead atoms. The standard InChI is InChI=1S/C15H17N3O2/c1-10-13(11(2)20-17-10)9-16-15(19)18-8-7-12-5-3-4-6-14(12)18/h3-6H,7-9H2,1-2H3,(H,16,19). The number of benzene rings is 1. The Morgan fingerprint density at radius 3 is 2.95 bits per heavy atom. The van der Waals surface area contributed by atoms with Crippen LogP contribution in [0.2, 0.25) is 0 Å². The molecule has 3 rings (SSSR count). The summed E-state index contributed by atoms with van der Waals surface area (Å²) < 4.78 is 5.09. The van der Waals surface area contributed by atoms with E-state index in [1.165, 1.54) is 5.56 Å². The predicted molar refractivity (Wildman–Crippen MR) is 75.7 cm³/mol. The molecule has 1 aliphatic heterocycles. The van der Waals surface area contributed by atoms with E-state index in [1.807, 2.05) is 32.0 Å². The molecule has 1 aromatic heterocycles. The fourth-order valence-corrected chi connectivity index (χ4v) is 2.56. The van der Waals surface area contributed by atoms with Gasteiger partial charge in [0.25, 0.3) is 0 Å². The summed E-state index contributed by atoms with van der Waals surface area (Å²) in [7, 11) is 0. The van der Waals surface area contributed by atoms with Crippen LogP contribution >= 0.6 is 0 Å². The Kier molecular flexibility index (Phi) is 3.18. The van der Waals surface area contributed by atoms with E-state index in [4.69, 9.17) is 4.52 Å². The molecule has 2 aromatic rings. The molecule has 2 amide bonds. The Morgan fingerprint density at radius 2 is 2.20 bits per heavy atom. The van der Waals surface area contributed by atoms with Crippen molar-refractivity contribution in [2.75, 3.05) is 11.4 Å². The first-order valence-corrected chi connectivity index (χ1v) is 6.72. The Morgan fingerprint density at radius 1 is 1.40 bits per heavy atom. The van der Waals surface area contributed by atoms with Crippen LogP contribution in [0.25, 0.3) is 0 Å². The number of anilines is 1. The molecule has 5 heteroatoms. The van der Waals surface area contributed by atoms with Gasteiger partial charge in [0, 0.05) is 24.3 Å². The second kappa shape index (κ2) is 5.00. The minimum atomic E-state index is -0.0741. The van der Waals surface area contributed by atoms with E-state index >= 15 is 0 Å². The fourth-order valence-electron chi connectivity index (χ4n) is 2.56. The van der Waals surface area contributed by atoms with E-state index in [0.29, 0.717) is 6.54 Å². The van der Waals surface area contributed by atoms with E-state index in [0.717, 1.165) is 35.7 Å². The number of urea groups is 1. The third-order valence-corrected chi connectivity index (χ3v) is 3.73. The molecule has 0 atom stereocenters. The Balaban J connectivity index is 1.69. The van der Waals surface area contributed by atoms with E-state index in [9.17, 15) is 4.79 Å². The van der Waals surface area contributed by atoms with Crippen molar-refractivity contribution in [2.45, 2.75) is 26.8 Å². The third-order valence-electron chi connectivity index (χ3n) is 3.73. The smallest absolute Gasteiger partial charge is 0.322 e. The van der Waals surface area contributed by atoms with Crippen molar-refractivity contribution in [1.29, 1.82) is 0 Å². The zero-order valence-electron chi connectivity index (χ0n) is 11.6. The van der Waals surface area contributed by atoms with Crippen LogP contribution in [0, 0.1) is 13.8 Å². The Bertz CT molecular complexity index is 629. The minimum Gasteiger partial charge on any atom is -0.361 e. The molecule has 1 aromatic carbocycles. The van der Waals surface area contributed by atoms with Crippen LogP contribution in [-0.2, 0) is 13.0 Å². The molecule has 104 valence electrons. The molecule has 0 fully saturated rings. The highest BCUT2D eigenvalue weighted by molar-refractivity contribution is 5.94. The van der Waals surface area contributed by atoms with Crippen LogP contribution in [0.5, 0.6) is 0 Å². The summed E-state index contributed by atoms with van der Waals surface area (Å²) in [4.78, 5) is 14.1. The highest BCUT2D eigenvalue weighted by Crippen LogP contribution is 2.27. The van der Waals surface area contributed by atoms with Gasteiger partial charge in [-0.1, -0.05) is 23.4 Å². The lowest BCUT2D eigenvalue weighted by Crippen LogP contribution is -2.38. The summed E-state index contributed by atoms with van der Waals surface area (Å²) in [6.45, 7) is 4.90. The van der Waals surface area contributed by atoms with Gasteiger partial charge in [0.05, 0.1) is 5.69 Å². The number of nitrogens with zero attached hydrogens (tertiary/aromatic N) is 2. The number of aromatic nitrogens is 1. The van der Waals surface area contributed by atoms with Gasteiger partial charge in [-0.05, 0) is 31.9 Å². The molecule has 0 spiro atoms. The van der Waals surface area contributed by atoms with Gasteiger partial charge in [-0.3, -0.25) is 4.90 Å². The van der Waals surface area contributed by atoms with Gasteiger partial charge < -0.3 is 9.84 Å². The van der Waals surface area contributed by atoms with Gasteiger partial charge in [-0.15, -0.1) is 0 Å². The molecule has 1 N–H and O–H groups in total. The monoisotopic (exact) mass is 271 g/mol. The third kappa shape index (κ3) is 2.15. The van der Waals surface area contributed by atoms with Crippen molar-refractivity contribution in [1.82, 2.24) is 10.5 Å². The average molecular weight is 271 g/mol. The summed E-state index contributed by atoms with van der Waals surface area (Å²) in [5.41, 5.74) is 4.00. The van der Waals surface area contributed by atoms with Crippen molar-refractivity contribution >= 4 is 11.7 Å². The molecular weight excluding hydrogens is 254 g/mol. The van der Waals surface area contributed by atoms with Crippen LogP contribution in [0.15, 0.2) is 28.8 Å². The summed E-state index contributed by atoms with van der Waals surface area (Å²) in [6.07, 6.45) is 0.912. The maximum Gasteiger partial charge on any atom is 0.322 e. The molecule has 1 aliphatic rings. The van der Waals surface area contributed by atoms with Gasteiger partial charge in [0.1, 0.15) is 5.76 Å². The van der Waals surface area contributed by atoms with Crippen LogP contribution in [0.4, 0.5) is 10.5 Å². The number of carbonyl (C=O) groups excluding carboxylic acids is 1. The van der Waals surface area contributed by atoms with Crippen molar-refractivity contribution in [3.63, 3.8) is 0 Å². The molecule has 2 heterocycles. The molecule has 0 saturated heterocycles. The fraction of sp³-hybridized carbons (Fsp3) is 0.333. The van der Waals surface area contributed by atoms with E-state index in [2.05, 4.69) is 16.5 Å². The molecule has 5 nitrogen and oxygen atoms in total. The van der Waals surface area contributed by atoms with Crippen LogP contribution in [0.3, 0.4) is 0 Å². The first-order chi connectivity index (χ1) is 9.66. The average Bonchev–Trinajstić information content (AvgIpc) is 3.01. The van der Waals surface area contributed by atoms with Gasteiger partial charge in [0.15, 0.2) is 0 Å². The number of amides is 2. The van der Waals surface area contributed by atoms with E-state index in [1.54, 1.807) is 4.90 Å². The number of para-hydroxylation sites is 1. The van der Waals surface area contributed by atoms with Crippen molar-refractivity contribution in [3.05, 3.63) is 46.8 Å². The van der Waals surface area contributed by atoms with Crippen molar-refractivity contribution < 1.29 is 9.32 Å². The number of fused-ring (bicyclic) bond motifs is 1. The zero-order valence-corrected chi connectivity index (χ0v) is 11.6. The number of nitrogens with one attached hydrogen (secondary N) is 1. The number of rotatable bonds is 2. The number of aryl methyl sites for hydroxylation is 2. The van der Waals surface area contributed by atoms with Gasteiger partial charge in [0.2, 0.25) is 0 Å². The maximum absolute atomic E-state index is 12.3. The molecule has 0 unspecified atom stereocenters. The largest absolute Gasteiger partial charge is 0.361 e. The molecule has 0 aliphatic carbocycles. The van der Waals surface area contributed by atoms with E-state index in [-0.39, 0.29) is 6.03 Å². The number of hydrogen-bond acceptors (Lipinski definition) is 3. The number of hydrogen-bond donors (Lipinski definition) is 1. The van der Waals surface area contributed by atoms with Crippen LogP contribution in [-0.4, -0.2) is 17.7 Å². The second-order valence-electron chi connectivity index (χ2n) is 4.99. The number of carbonyl (C=O) groups is 1. The lowest BCUT2D eigenvalue weighted by molar-refractivity contribution is 0.246. The van der Waals surface area contributed by atoms with Gasteiger partial charge in [-0.25, -0.2) is 4.79 Å². The SMILES string of the molecule is Cc1noc(C)c1CNC(=O)N1CCc2ccccc21. The Labute approximate surface area is 117 Å². The molecule has 0 saturated carbocycles. The minimum absolute atomic E-state index is 0.0741. The highest BCUT2D eigenvalue weighted by atomic mass is 16.5. The summed E-state index contributed by atoms with van der Waals surface area (Å²) in [6, 6.07) is 7.94. The lowest BCUT2D eigenvalue weighted by atomic mass is 10.2. The van der Waals surface area contributed by atoms with Crippen LogP contribution in [0.1, 0.15) is 22.6 Å². The maximum atomic E-state index is 12.3. The highest BCUT2D eigenvalue weighted by Gasteiger charge is 2.24. The molecule has 20 heavy (non-hydrogen) atoms. The normalized spacial score (nSPS) is 13.4. The molecule has 0 radical (unpaired) electrons. The second-order valence-corrected chi connectivity index (χ2v) is 4.99. The summed E-state index contributed by atoms with van der Waals surface area (Å²) in [5.74, 6) is 0.754.